The highest BCUT2D eigenvalue weighted by molar-refractivity contribution is 5.85. The SMILES string of the molecule is COc1cc(C=CC(=O)O)cc(OC)c1O.O=C(O)C(F)(F)F. The fraction of sp³-hybridized carbons (Fsp3) is 0.231. The number of hydrogen-bond donors (Lipinski definition) is 3. The molecule has 1 aromatic rings. The number of benzene rings is 1. The van der Waals surface area contributed by atoms with Crippen molar-refractivity contribution in [2.45, 2.75) is 6.18 Å². The minimum atomic E-state index is -5.08. The number of carboxylic acids is 2. The van der Waals surface area contributed by atoms with Gasteiger partial charge in [0.15, 0.2) is 11.5 Å². The lowest BCUT2D eigenvalue weighted by molar-refractivity contribution is -0.192. The first-order valence-electron chi connectivity index (χ1n) is 5.69. The zero-order chi connectivity index (χ0) is 18.2. The third kappa shape index (κ3) is 7.07. The summed E-state index contributed by atoms with van der Waals surface area (Å²) in [7, 11) is 2.80. The Kier molecular flexibility index (Phi) is 7.44. The molecule has 1 rings (SSSR count). The third-order valence-electron chi connectivity index (χ3n) is 2.16. The maximum atomic E-state index is 10.6. The molecule has 0 aliphatic heterocycles. The first kappa shape index (κ1) is 20.1. The minimum absolute atomic E-state index is 0.113. The molecular formula is C13H13F3O7. The Labute approximate surface area is 128 Å². The maximum absolute atomic E-state index is 10.6. The number of ether oxygens (including phenoxy) is 2. The molecular weight excluding hydrogens is 325 g/mol. The van der Waals surface area contributed by atoms with Gasteiger partial charge in [0, 0.05) is 6.08 Å². The second-order valence-corrected chi connectivity index (χ2v) is 3.75. The van der Waals surface area contributed by atoms with Gasteiger partial charge >= 0.3 is 18.1 Å². The summed E-state index contributed by atoms with van der Waals surface area (Å²) in [4.78, 5) is 19.2. The van der Waals surface area contributed by atoms with Gasteiger partial charge in [-0.05, 0) is 23.8 Å². The van der Waals surface area contributed by atoms with Crippen molar-refractivity contribution in [1.82, 2.24) is 0 Å². The Hall–Kier alpha value is -2.91. The van der Waals surface area contributed by atoms with E-state index >= 15 is 0 Å². The van der Waals surface area contributed by atoms with E-state index in [1.807, 2.05) is 0 Å². The molecule has 0 spiro atoms. The molecule has 3 N–H and O–H groups in total. The highest BCUT2D eigenvalue weighted by Gasteiger charge is 2.38. The number of phenols is 1. The van der Waals surface area contributed by atoms with E-state index < -0.39 is 18.1 Å². The summed E-state index contributed by atoms with van der Waals surface area (Å²) < 4.78 is 41.6. The third-order valence-corrected chi connectivity index (χ3v) is 2.16. The first-order chi connectivity index (χ1) is 10.5. The highest BCUT2D eigenvalue weighted by atomic mass is 19.4. The number of rotatable bonds is 4. The van der Waals surface area contributed by atoms with E-state index in [0.717, 1.165) is 6.08 Å². The van der Waals surface area contributed by atoms with Crippen LogP contribution in [0.3, 0.4) is 0 Å². The van der Waals surface area contributed by atoms with Crippen LogP contribution in [0.1, 0.15) is 5.56 Å². The Morgan fingerprint density at radius 3 is 1.74 bits per heavy atom. The van der Waals surface area contributed by atoms with Crippen LogP contribution in [0.2, 0.25) is 0 Å². The Bertz CT molecular complexity index is 569. The standard InChI is InChI=1S/C11H12O5.C2HF3O2/c1-15-8-5-7(3-4-10(12)13)6-9(16-2)11(8)14;3-2(4,5)1(6)7/h3-6,14H,1-2H3,(H,12,13);(H,6,7). The number of aliphatic carboxylic acids is 2. The smallest absolute Gasteiger partial charge is 0.490 e. The Morgan fingerprint density at radius 2 is 1.48 bits per heavy atom. The van der Waals surface area contributed by atoms with Gasteiger partial charge in [0.05, 0.1) is 14.2 Å². The lowest BCUT2D eigenvalue weighted by Crippen LogP contribution is -2.21. The van der Waals surface area contributed by atoms with Crippen molar-refractivity contribution >= 4 is 18.0 Å². The molecule has 0 saturated heterocycles. The summed E-state index contributed by atoms with van der Waals surface area (Å²) in [6.07, 6.45) is -2.71. The van der Waals surface area contributed by atoms with Crippen molar-refractivity contribution in [2.75, 3.05) is 14.2 Å². The van der Waals surface area contributed by atoms with Gasteiger partial charge in [-0.2, -0.15) is 13.2 Å². The monoisotopic (exact) mass is 338 g/mol. The van der Waals surface area contributed by atoms with E-state index in [1.54, 1.807) is 0 Å². The largest absolute Gasteiger partial charge is 0.502 e. The summed E-state index contributed by atoms with van der Waals surface area (Å²) in [5.41, 5.74) is 0.564. The molecule has 0 saturated carbocycles. The number of alkyl halides is 3. The molecule has 0 atom stereocenters. The number of carbonyl (C=O) groups is 2. The number of hydrogen-bond acceptors (Lipinski definition) is 5. The molecule has 0 aromatic heterocycles. The summed E-state index contributed by atoms with van der Waals surface area (Å²) >= 11 is 0. The molecule has 0 radical (unpaired) electrons. The molecule has 23 heavy (non-hydrogen) atoms. The normalized spacial score (nSPS) is 10.7. The molecule has 10 heteroatoms. The molecule has 0 aliphatic rings. The summed E-state index contributed by atoms with van der Waals surface area (Å²) in [6.45, 7) is 0. The second kappa shape index (κ2) is 8.51. The second-order valence-electron chi connectivity index (χ2n) is 3.75. The van der Waals surface area contributed by atoms with Gasteiger partial charge in [0.1, 0.15) is 0 Å². The van der Waals surface area contributed by atoms with Crippen molar-refractivity contribution in [3.63, 3.8) is 0 Å². The summed E-state index contributed by atoms with van der Waals surface area (Å²) in [5.74, 6) is -3.47. The average molecular weight is 338 g/mol. The first-order valence-corrected chi connectivity index (χ1v) is 5.69. The van der Waals surface area contributed by atoms with Gasteiger partial charge in [-0.15, -0.1) is 0 Å². The predicted molar refractivity (Wildman–Crippen MR) is 71.6 cm³/mol. The van der Waals surface area contributed by atoms with Crippen LogP contribution in [0, 0.1) is 0 Å². The average Bonchev–Trinajstić information content (AvgIpc) is 2.45. The van der Waals surface area contributed by atoms with E-state index in [-0.39, 0.29) is 17.2 Å². The maximum Gasteiger partial charge on any atom is 0.490 e. The Balaban J connectivity index is 0.000000585. The van der Waals surface area contributed by atoms with Crippen molar-refractivity contribution in [2.24, 2.45) is 0 Å². The van der Waals surface area contributed by atoms with Gasteiger partial charge in [-0.3, -0.25) is 0 Å². The van der Waals surface area contributed by atoms with Crippen molar-refractivity contribution in [1.29, 1.82) is 0 Å². The van der Waals surface area contributed by atoms with E-state index in [1.165, 1.54) is 32.4 Å². The number of aromatic hydroxyl groups is 1. The molecule has 0 fully saturated rings. The van der Waals surface area contributed by atoms with E-state index in [9.17, 15) is 23.1 Å². The molecule has 7 nitrogen and oxygen atoms in total. The lowest BCUT2D eigenvalue weighted by Gasteiger charge is -2.09. The fourth-order valence-corrected chi connectivity index (χ4v) is 1.18. The van der Waals surface area contributed by atoms with E-state index in [2.05, 4.69) is 0 Å². The Morgan fingerprint density at radius 1 is 1.09 bits per heavy atom. The predicted octanol–water partition coefficient (Wildman–Crippen LogP) is 2.14. The van der Waals surface area contributed by atoms with Crippen LogP contribution in [0.4, 0.5) is 13.2 Å². The van der Waals surface area contributed by atoms with Gasteiger partial charge in [0.2, 0.25) is 5.75 Å². The molecule has 1 aromatic carbocycles. The van der Waals surface area contributed by atoms with Gasteiger partial charge in [-0.25, -0.2) is 9.59 Å². The van der Waals surface area contributed by atoms with Crippen LogP contribution in [-0.2, 0) is 9.59 Å². The quantitative estimate of drug-likeness (QED) is 0.721. The lowest BCUT2D eigenvalue weighted by atomic mass is 10.1. The van der Waals surface area contributed by atoms with Crippen molar-refractivity contribution in [3.05, 3.63) is 23.8 Å². The van der Waals surface area contributed by atoms with Crippen LogP contribution in [0.25, 0.3) is 6.08 Å². The van der Waals surface area contributed by atoms with Gasteiger partial charge < -0.3 is 24.8 Å². The minimum Gasteiger partial charge on any atom is -0.502 e. The van der Waals surface area contributed by atoms with Crippen LogP contribution in [-0.4, -0.2) is 47.7 Å². The zero-order valence-electron chi connectivity index (χ0n) is 11.9. The zero-order valence-corrected chi connectivity index (χ0v) is 11.9. The molecule has 0 bridgehead atoms. The van der Waals surface area contributed by atoms with Crippen LogP contribution < -0.4 is 9.47 Å². The molecule has 128 valence electrons. The molecule has 0 amide bonds. The van der Waals surface area contributed by atoms with Crippen molar-refractivity contribution < 1.29 is 47.6 Å². The summed E-state index contributed by atoms with van der Waals surface area (Å²) in [5, 5.41) is 25.2. The number of halogens is 3. The van der Waals surface area contributed by atoms with E-state index in [0.29, 0.717) is 5.56 Å². The van der Waals surface area contributed by atoms with Crippen LogP contribution in [0.15, 0.2) is 18.2 Å². The van der Waals surface area contributed by atoms with E-state index in [4.69, 9.17) is 24.5 Å². The number of methoxy groups -OCH3 is 2. The summed E-state index contributed by atoms with van der Waals surface area (Å²) in [6, 6.07) is 3.02. The van der Waals surface area contributed by atoms with Crippen LogP contribution in [0.5, 0.6) is 17.2 Å². The van der Waals surface area contributed by atoms with Crippen LogP contribution >= 0.6 is 0 Å². The molecule has 0 aliphatic carbocycles. The highest BCUT2D eigenvalue weighted by Crippen LogP contribution is 2.37. The van der Waals surface area contributed by atoms with Gasteiger partial charge in [-0.1, -0.05) is 0 Å². The molecule has 0 unspecified atom stereocenters. The number of phenolic OH excluding ortho intramolecular Hbond substituents is 1. The van der Waals surface area contributed by atoms with Crippen molar-refractivity contribution in [3.8, 4) is 17.2 Å². The fourth-order valence-electron chi connectivity index (χ4n) is 1.18. The van der Waals surface area contributed by atoms with Gasteiger partial charge in [0.25, 0.3) is 0 Å². The molecule has 0 heterocycles. The topological polar surface area (TPSA) is 113 Å². The number of carboxylic acid groups (broad SMARTS) is 2.